The lowest BCUT2D eigenvalue weighted by Gasteiger charge is -2.11. The van der Waals surface area contributed by atoms with Gasteiger partial charge in [-0.05, 0) is 18.6 Å². The molecule has 1 atom stereocenters. The van der Waals surface area contributed by atoms with E-state index < -0.39 is 11.4 Å². The first-order valence-electron chi connectivity index (χ1n) is 4.43. The number of nitrogen functional groups attached to an aromatic ring is 1. The standard InChI is InChI=1S/C9H13NO4S/c1-2-5-13-7-3-4-9(8(10)6-7)14-15(11)12/h3-4,6H,2,5,10H2,1H3,(H,11,12)/p-1. The Kier molecular flexibility index (Phi) is 4.38. The van der Waals surface area contributed by atoms with E-state index in [1.54, 1.807) is 6.07 Å². The van der Waals surface area contributed by atoms with E-state index in [1.165, 1.54) is 12.1 Å². The van der Waals surface area contributed by atoms with E-state index in [1.807, 2.05) is 6.92 Å². The van der Waals surface area contributed by atoms with Crippen molar-refractivity contribution in [3.05, 3.63) is 18.2 Å². The monoisotopic (exact) mass is 230 g/mol. The van der Waals surface area contributed by atoms with Gasteiger partial charge in [0.1, 0.15) is 17.1 Å². The zero-order valence-electron chi connectivity index (χ0n) is 8.26. The van der Waals surface area contributed by atoms with Gasteiger partial charge in [-0.15, -0.1) is 0 Å². The van der Waals surface area contributed by atoms with Crippen LogP contribution in [0.1, 0.15) is 13.3 Å². The Bertz CT molecular complexity index is 356. The minimum atomic E-state index is -2.61. The number of nitrogens with two attached hydrogens (primary N) is 1. The largest absolute Gasteiger partial charge is 0.740 e. The van der Waals surface area contributed by atoms with Gasteiger partial charge in [-0.1, -0.05) is 6.92 Å². The van der Waals surface area contributed by atoms with Crippen molar-refractivity contribution in [1.82, 2.24) is 0 Å². The number of anilines is 1. The van der Waals surface area contributed by atoms with Crippen LogP contribution in [0.5, 0.6) is 11.5 Å². The molecular weight excluding hydrogens is 218 g/mol. The quantitative estimate of drug-likeness (QED) is 0.607. The minimum absolute atomic E-state index is 0.104. The second-order valence-electron chi connectivity index (χ2n) is 2.84. The van der Waals surface area contributed by atoms with E-state index in [2.05, 4.69) is 4.18 Å². The normalized spacial score (nSPS) is 12.1. The van der Waals surface area contributed by atoms with E-state index in [0.29, 0.717) is 12.4 Å². The third kappa shape index (κ3) is 3.77. The summed E-state index contributed by atoms with van der Waals surface area (Å²) in [4.78, 5) is 0. The maximum atomic E-state index is 10.3. The molecular formula is C9H12NO4S-. The van der Waals surface area contributed by atoms with E-state index in [0.717, 1.165) is 6.42 Å². The second-order valence-corrected chi connectivity index (χ2v) is 3.41. The predicted molar refractivity (Wildman–Crippen MR) is 56.2 cm³/mol. The third-order valence-corrected chi connectivity index (χ3v) is 1.93. The summed E-state index contributed by atoms with van der Waals surface area (Å²) in [5.41, 5.74) is 5.79. The molecule has 0 amide bonds. The molecule has 0 aromatic heterocycles. The van der Waals surface area contributed by atoms with Gasteiger partial charge in [0.15, 0.2) is 5.75 Å². The van der Waals surface area contributed by atoms with Gasteiger partial charge in [0.25, 0.3) is 0 Å². The topological polar surface area (TPSA) is 84.6 Å². The average Bonchev–Trinajstić information content (AvgIpc) is 2.18. The Labute approximate surface area is 90.7 Å². The van der Waals surface area contributed by atoms with Crippen LogP contribution in [-0.2, 0) is 11.4 Å². The molecule has 6 heteroatoms. The molecule has 1 aromatic carbocycles. The van der Waals surface area contributed by atoms with Gasteiger partial charge >= 0.3 is 0 Å². The molecule has 2 N–H and O–H groups in total. The Balaban J connectivity index is 2.74. The molecule has 0 heterocycles. The molecule has 5 nitrogen and oxygen atoms in total. The highest BCUT2D eigenvalue weighted by Gasteiger charge is 2.02. The highest BCUT2D eigenvalue weighted by atomic mass is 32.2. The Hall–Kier alpha value is -1.27. The van der Waals surface area contributed by atoms with Crippen molar-refractivity contribution in [2.45, 2.75) is 13.3 Å². The van der Waals surface area contributed by atoms with Gasteiger partial charge < -0.3 is 19.2 Å². The number of ether oxygens (including phenoxy) is 1. The number of hydrogen-bond donors (Lipinski definition) is 1. The lowest BCUT2D eigenvalue weighted by molar-refractivity contribution is 0.317. The second kappa shape index (κ2) is 5.57. The summed E-state index contributed by atoms with van der Waals surface area (Å²) in [7, 11) is 0. The fourth-order valence-electron chi connectivity index (χ4n) is 0.985. The average molecular weight is 230 g/mol. The molecule has 0 saturated carbocycles. The maximum Gasteiger partial charge on any atom is 0.162 e. The first-order chi connectivity index (χ1) is 7.13. The highest BCUT2D eigenvalue weighted by Crippen LogP contribution is 2.26. The molecule has 0 saturated heterocycles. The predicted octanol–water partition coefficient (Wildman–Crippen LogP) is 1.23. The van der Waals surface area contributed by atoms with Crippen LogP contribution >= 0.6 is 0 Å². The molecule has 0 aliphatic rings. The van der Waals surface area contributed by atoms with Crippen LogP contribution in [-0.4, -0.2) is 15.4 Å². The van der Waals surface area contributed by atoms with Gasteiger partial charge in [-0.2, -0.15) is 0 Å². The zero-order valence-corrected chi connectivity index (χ0v) is 9.08. The smallest absolute Gasteiger partial charge is 0.162 e. The molecule has 0 radical (unpaired) electrons. The summed E-state index contributed by atoms with van der Waals surface area (Å²) >= 11 is -2.61. The lowest BCUT2D eigenvalue weighted by Crippen LogP contribution is -2.02. The fourth-order valence-corrected chi connectivity index (χ4v) is 1.28. The van der Waals surface area contributed by atoms with E-state index in [-0.39, 0.29) is 11.4 Å². The summed E-state index contributed by atoms with van der Waals surface area (Å²) < 4.78 is 30.3. The van der Waals surface area contributed by atoms with Crippen LogP contribution in [0.25, 0.3) is 0 Å². The molecule has 0 spiro atoms. The van der Waals surface area contributed by atoms with Crippen LogP contribution in [0, 0.1) is 0 Å². The number of hydrogen-bond acceptors (Lipinski definition) is 5. The minimum Gasteiger partial charge on any atom is -0.740 e. The van der Waals surface area contributed by atoms with Crippen LogP contribution in [0.4, 0.5) is 5.69 Å². The van der Waals surface area contributed by atoms with Crippen molar-refractivity contribution in [3.63, 3.8) is 0 Å². The van der Waals surface area contributed by atoms with Crippen LogP contribution in [0.3, 0.4) is 0 Å². The van der Waals surface area contributed by atoms with Crippen molar-refractivity contribution in [3.8, 4) is 11.5 Å². The fraction of sp³-hybridized carbons (Fsp3) is 0.333. The highest BCUT2D eigenvalue weighted by molar-refractivity contribution is 7.74. The third-order valence-electron chi connectivity index (χ3n) is 1.61. The Morgan fingerprint density at radius 1 is 1.53 bits per heavy atom. The van der Waals surface area contributed by atoms with Crippen LogP contribution in [0.15, 0.2) is 18.2 Å². The first kappa shape index (κ1) is 11.8. The summed E-state index contributed by atoms with van der Waals surface area (Å²) in [6, 6.07) is 4.59. The van der Waals surface area contributed by atoms with Crippen molar-refractivity contribution in [1.29, 1.82) is 0 Å². The molecule has 1 aromatic rings. The van der Waals surface area contributed by atoms with E-state index >= 15 is 0 Å². The Morgan fingerprint density at radius 2 is 2.27 bits per heavy atom. The van der Waals surface area contributed by atoms with Crippen LogP contribution < -0.4 is 14.7 Å². The molecule has 15 heavy (non-hydrogen) atoms. The van der Waals surface area contributed by atoms with Crippen molar-refractivity contribution < 1.29 is 17.7 Å². The molecule has 1 rings (SSSR count). The molecule has 0 aliphatic heterocycles. The van der Waals surface area contributed by atoms with Crippen molar-refractivity contribution in [2.24, 2.45) is 0 Å². The first-order valence-corrected chi connectivity index (χ1v) is 5.43. The maximum absolute atomic E-state index is 10.3. The van der Waals surface area contributed by atoms with Crippen molar-refractivity contribution in [2.75, 3.05) is 12.3 Å². The summed E-state index contributed by atoms with van der Waals surface area (Å²) in [6.07, 6.45) is 0.892. The van der Waals surface area contributed by atoms with E-state index in [9.17, 15) is 8.76 Å². The molecule has 0 bridgehead atoms. The lowest BCUT2D eigenvalue weighted by atomic mass is 10.3. The van der Waals surface area contributed by atoms with Gasteiger partial charge in [-0.3, -0.25) is 0 Å². The Morgan fingerprint density at radius 3 is 2.80 bits per heavy atom. The number of rotatable bonds is 5. The van der Waals surface area contributed by atoms with Gasteiger partial charge in [-0.25, -0.2) is 4.21 Å². The number of benzene rings is 1. The van der Waals surface area contributed by atoms with Crippen LogP contribution in [0.2, 0.25) is 0 Å². The van der Waals surface area contributed by atoms with Crippen molar-refractivity contribution >= 4 is 17.0 Å². The molecule has 84 valence electrons. The zero-order chi connectivity index (χ0) is 11.3. The van der Waals surface area contributed by atoms with Gasteiger partial charge in [0.05, 0.1) is 12.3 Å². The molecule has 1 unspecified atom stereocenters. The molecule has 0 fully saturated rings. The summed E-state index contributed by atoms with van der Waals surface area (Å²) in [5.74, 6) is 0.700. The summed E-state index contributed by atoms with van der Waals surface area (Å²) in [6.45, 7) is 2.58. The molecule has 0 aliphatic carbocycles. The van der Waals surface area contributed by atoms with Gasteiger partial charge in [0.2, 0.25) is 0 Å². The SMILES string of the molecule is CCCOc1ccc(OS(=O)[O-])c(N)c1. The van der Waals surface area contributed by atoms with E-state index in [4.69, 9.17) is 10.5 Å². The summed E-state index contributed by atoms with van der Waals surface area (Å²) in [5, 5.41) is 0. The van der Waals surface area contributed by atoms with Gasteiger partial charge in [0, 0.05) is 6.07 Å².